The van der Waals surface area contributed by atoms with E-state index in [2.05, 4.69) is 13.8 Å². The molecule has 0 radical (unpaired) electrons. The summed E-state index contributed by atoms with van der Waals surface area (Å²) in [6.45, 7) is 8.26. The van der Waals surface area contributed by atoms with Gasteiger partial charge in [0.25, 0.3) is 0 Å². The van der Waals surface area contributed by atoms with Crippen LogP contribution in [-0.4, -0.2) is 29.9 Å². The highest BCUT2D eigenvalue weighted by molar-refractivity contribution is 5.85. The lowest BCUT2D eigenvalue weighted by atomic mass is 9.84. The molecule has 0 spiro atoms. The van der Waals surface area contributed by atoms with Crippen molar-refractivity contribution in [2.75, 3.05) is 13.1 Å². The zero-order chi connectivity index (χ0) is 11.5. The second kappa shape index (κ2) is 6.45. The number of rotatable bonds is 3. The Morgan fingerprint density at radius 1 is 1.50 bits per heavy atom. The summed E-state index contributed by atoms with van der Waals surface area (Å²) in [6.07, 6.45) is 3.77. The van der Waals surface area contributed by atoms with Gasteiger partial charge in [-0.05, 0) is 31.6 Å². The third kappa shape index (κ3) is 5.17. The van der Waals surface area contributed by atoms with Crippen LogP contribution >= 0.6 is 12.4 Å². The first-order chi connectivity index (χ1) is 6.91. The second-order valence-electron chi connectivity index (χ2n) is 5.60. The molecule has 0 aromatic carbocycles. The molecule has 0 aliphatic carbocycles. The van der Waals surface area contributed by atoms with E-state index in [4.69, 9.17) is 5.73 Å². The molecular formula is C12H25ClN2O. The Labute approximate surface area is 105 Å². The lowest BCUT2D eigenvalue weighted by molar-refractivity contribution is -0.134. The van der Waals surface area contributed by atoms with Gasteiger partial charge in [-0.1, -0.05) is 13.8 Å². The zero-order valence-electron chi connectivity index (χ0n) is 10.7. The van der Waals surface area contributed by atoms with E-state index in [0.717, 1.165) is 25.9 Å². The molecular weight excluding hydrogens is 224 g/mol. The first kappa shape index (κ1) is 15.7. The van der Waals surface area contributed by atoms with Crippen molar-refractivity contribution in [2.24, 2.45) is 11.1 Å². The van der Waals surface area contributed by atoms with Crippen molar-refractivity contribution < 1.29 is 4.79 Å². The van der Waals surface area contributed by atoms with E-state index in [1.54, 1.807) is 0 Å². The molecule has 1 fully saturated rings. The van der Waals surface area contributed by atoms with Crippen molar-refractivity contribution in [3.63, 3.8) is 0 Å². The van der Waals surface area contributed by atoms with E-state index < -0.39 is 0 Å². The molecule has 3 nitrogen and oxygen atoms in total. The SMILES string of the molecule is CC(N)CCC(=O)N1CCCC(C)(C)C1.Cl. The molecule has 0 saturated carbocycles. The molecule has 0 aromatic heterocycles. The summed E-state index contributed by atoms with van der Waals surface area (Å²) in [4.78, 5) is 13.9. The average molecular weight is 249 g/mol. The van der Waals surface area contributed by atoms with E-state index in [-0.39, 0.29) is 24.4 Å². The fourth-order valence-electron chi connectivity index (χ4n) is 2.15. The van der Waals surface area contributed by atoms with Crippen LogP contribution in [0, 0.1) is 5.41 Å². The van der Waals surface area contributed by atoms with E-state index in [1.165, 1.54) is 6.42 Å². The van der Waals surface area contributed by atoms with Gasteiger partial charge in [0, 0.05) is 25.6 Å². The molecule has 1 amide bonds. The Balaban J connectivity index is 0.00000225. The Hall–Kier alpha value is -0.280. The lowest BCUT2D eigenvalue weighted by Gasteiger charge is -2.38. The number of amides is 1. The number of nitrogens with zero attached hydrogens (tertiary/aromatic N) is 1. The van der Waals surface area contributed by atoms with Gasteiger partial charge in [0.1, 0.15) is 0 Å². The molecule has 4 heteroatoms. The topological polar surface area (TPSA) is 46.3 Å². The third-order valence-corrected chi connectivity index (χ3v) is 3.07. The van der Waals surface area contributed by atoms with Gasteiger partial charge >= 0.3 is 0 Å². The van der Waals surface area contributed by atoms with Crippen molar-refractivity contribution >= 4 is 18.3 Å². The molecule has 1 atom stereocenters. The summed E-state index contributed by atoms with van der Waals surface area (Å²) in [5.74, 6) is 0.278. The molecule has 0 aromatic rings. The summed E-state index contributed by atoms with van der Waals surface area (Å²) < 4.78 is 0. The first-order valence-electron chi connectivity index (χ1n) is 5.94. The van der Waals surface area contributed by atoms with Crippen LogP contribution in [0.3, 0.4) is 0 Å². The van der Waals surface area contributed by atoms with E-state index in [0.29, 0.717) is 11.8 Å². The number of hydrogen-bond donors (Lipinski definition) is 1. The fourth-order valence-corrected chi connectivity index (χ4v) is 2.15. The number of carbonyl (C=O) groups is 1. The van der Waals surface area contributed by atoms with Gasteiger partial charge in [0.05, 0.1) is 0 Å². The smallest absolute Gasteiger partial charge is 0.222 e. The average Bonchev–Trinajstić information content (AvgIpc) is 2.12. The Morgan fingerprint density at radius 3 is 2.62 bits per heavy atom. The van der Waals surface area contributed by atoms with Crippen molar-refractivity contribution in [1.29, 1.82) is 0 Å². The van der Waals surface area contributed by atoms with Gasteiger partial charge in [0.2, 0.25) is 5.91 Å². The van der Waals surface area contributed by atoms with Gasteiger partial charge in [-0.2, -0.15) is 0 Å². The maximum Gasteiger partial charge on any atom is 0.222 e. The largest absolute Gasteiger partial charge is 0.342 e. The Morgan fingerprint density at radius 2 is 2.12 bits per heavy atom. The molecule has 1 unspecified atom stereocenters. The van der Waals surface area contributed by atoms with Crippen molar-refractivity contribution in [2.45, 2.75) is 52.5 Å². The molecule has 1 heterocycles. The zero-order valence-corrected chi connectivity index (χ0v) is 11.5. The summed E-state index contributed by atoms with van der Waals surface area (Å²) >= 11 is 0. The summed E-state index contributed by atoms with van der Waals surface area (Å²) in [5.41, 5.74) is 5.95. The van der Waals surface area contributed by atoms with E-state index >= 15 is 0 Å². The van der Waals surface area contributed by atoms with Crippen LogP contribution in [0.5, 0.6) is 0 Å². The van der Waals surface area contributed by atoms with Crippen molar-refractivity contribution in [3.05, 3.63) is 0 Å². The highest BCUT2D eigenvalue weighted by Crippen LogP contribution is 2.28. The molecule has 16 heavy (non-hydrogen) atoms. The van der Waals surface area contributed by atoms with Gasteiger partial charge < -0.3 is 10.6 Å². The summed E-state index contributed by atoms with van der Waals surface area (Å²) in [6, 6.07) is 0.131. The normalized spacial score (nSPS) is 21.1. The van der Waals surface area contributed by atoms with Crippen molar-refractivity contribution in [1.82, 2.24) is 4.90 Å². The highest BCUT2D eigenvalue weighted by atomic mass is 35.5. The summed E-state index contributed by atoms with van der Waals surface area (Å²) in [5, 5.41) is 0. The predicted molar refractivity (Wildman–Crippen MR) is 69.7 cm³/mol. The molecule has 1 aliphatic rings. The van der Waals surface area contributed by atoms with Gasteiger partial charge in [-0.3, -0.25) is 4.79 Å². The van der Waals surface area contributed by atoms with Crippen LogP contribution in [0.15, 0.2) is 0 Å². The minimum absolute atomic E-state index is 0. The van der Waals surface area contributed by atoms with Crippen LogP contribution < -0.4 is 5.73 Å². The quantitative estimate of drug-likeness (QED) is 0.832. The molecule has 96 valence electrons. The molecule has 2 N–H and O–H groups in total. The number of hydrogen-bond acceptors (Lipinski definition) is 2. The second-order valence-corrected chi connectivity index (χ2v) is 5.60. The monoisotopic (exact) mass is 248 g/mol. The van der Waals surface area contributed by atoms with Crippen LogP contribution in [0.2, 0.25) is 0 Å². The molecule has 1 saturated heterocycles. The first-order valence-corrected chi connectivity index (χ1v) is 5.94. The standard InChI is InChI=1S/C12H24N2O.ClH/c1-10(13)5-6-11(15)14-8-4-7-12(2,3)9-14;/h10H,4-9,13H2,1-3H3;1H. The third-order valence-electron chi connectivity index (χ3n) is 3.07. The fraction of sp³-hybridized carbons (Fsp3) is 0.917. The van der Waals surface area contributed by atoms with Gasteiger partial charge in [-0.15, -0.1) is 12.4 Å². The highest BCUT2D eigenvalue weighted by Gasteiger charge is 2.28. The van der Waals surface area contributed by atoms with Gasteiger partial charge in [-0.25, -0.2) is 0 Å². The Kier molecular flexibility index (Phi) is 6.34. The van der Waals surface area contributed by atoms with E-state index in [1.807, 2.05) is 11.8 Å². The van der Waals surface area contributed by atoms with Crippen molar-refractivity contribution in [3.8, 4) is 0 Å². The van der Waals surface area contributed by atoms with E-state index in [9.17, 15) is 4.79 Å². The minimum atomic E-state index is 0. The number of carbonyl (C=O) groups excluding carboxylic acids is 1. The van der Waals surface area contributed by atoms with Crippen LogP contribution in [0.1, 0.15) is 46.5 Å². The maximum absolute atomic E-state index is 11.9. The van der Waals surface area contributed by atoms with Gasteiger partial charge in [0.15, 0.2) is 0 Å². The number of likely N-dealkylation sites (tertiary alicyclic amines) is 1. The van der Waals surface area contributed by atoms with Crippen LogP contribution in [0.25, 0.3) is 0 Å². The van der Waals surface area contributed by atoms with Crippen LogP contribution in [0.4, 0.5) is 0 Å². The minimum Gasteiger partial charge on any atom is -0.342 e. The molecule has 0 bridgehead atoms. The lowest BCUT2D eigenvalue weighted by Crippen LogP contribution is -2.43. The number of halogens is 1. The predicted octanol–water partition coefficient (Wildman–Crippen LogP) is 2.18. The number of nitrogens with two attached hydrogens (primary N) is 1. The number of piperidine rings is 1. The molecule has 1 rings (SSSR count). The van der Waals surface area contributed by atoms with Crippen LogP contribution in [-0.2, 0) is 4.79 Å². The molecule has 1 aliphatic heterocycles. The maximum atomic E-state index is 11.9. The summed E-state index contributed by atoms with van der Waals surface area (Å²) in [7, 11) is 0. The Bertz CT molecular complexity index is 229.